The fraction of sp³-hybridized carbons (Fsp3) is 0.370. The lowest BCUT2D eigenvalue weighted by Gasteiger charge is -2.30. The van der Waals surface area contributed by atoms with Gasteiger partial charge in [0.25, 0.3) is 5.91 Å². The van der Waals surface area contributed by atoms with Crippen molar-refractivity contribution in [2.24, 2.45) is 0 Å². The molecule has 1 aliphatic rings. The van der Waals surface area contributed by atoms with E-state index in [1.54, 1.807) is 0 Å². The number of nitrogen functional groups attached to an aromatic ring is 1. The molecule has 3 rings (SSSR count). The number of rotatable bonds is 9. The Morgan fingerprint density at radius 1 is 1.03 bits per heavy atom. The van der Waals surface area contributed by atoms with Crippen molar-refractivity contribution < 1.29 is 24.6 Å². The molecule has 0 aliphatic carbocycles. The van der Waals surface area contributed by atoms with Crippen LogP contribution in [0.2, 0.25) is 0 Å². The standard InChI is InChI=1S/C23H31N3O.C4H4O4/c1-5-25(6-2)13-14-26-22(18-9-7-8-10-19(18)23(26)27)20-15-17(16(3)4)11-12-21(20)24;5-3(6)1-2-4(7)8/h7-12,15-16,22H,5-6,13-14,24H2,1-4H3;1-2H,(H,5,6)(H,7,8)/b;2-1+. The Morgan fingerprint density at radius 3 is 2.17 bits per heavy atom. The second-order valence-corrected chi connectivity index (χ2v) is 8.57. The molecule has 0 spiro atoms. The fourth-order valence-electron chi connectivity index (χ4n) is 4.06. The molecular formula is C27H35N3O5. The largest absolute Gasteiger partial charge is 0.478 e. The second kappa shape index (κ2) is 12.7. The number of amides is 1. The highest BCUT2D eigenvalue weighted by molar-refractivity contribution is 6.00. The molecule has 8 nitrogen and oxygen atoms in total. The maximum atomic E-state index is 13.2. The van der Waals surface area contributed by atoms with Gasteiger partial charge in [0.15, 0.2) is 0 Å². The lowest BCUT2D eigenvalue weighted by Crippen LogP contribution is -2.37. The van der Waals surface area contributed by atoms with E-state index in [0.717, 1.165) is 42.0 Å². The summed E-state index contributed by atoms with van der Waals surface area (Å²) in [7, 11) is 0. The van der Waals surface area contributed by atoms with E-state index < -0.39 is 11.9 Å². The Kier molecular flexibility index (Phi) is 10.0. The normalized spacial score (nSPS) is 14.9. The molecule has 0 aromatic heterocycles. The Bertz CT molecular complexity index is 1060. The van der Waals surface area contributed by atoms with Gasteiger partial charge in [-0.1, -0.05) is 58.0 Å². The van der Waals surface area contributed by atoms with E-state index in [1.165, 1.54) is 5.56 Å². The third kappa shape index (κ3) is 7.16. The summed E-state index contributed by atoms with van der Waals surface area (Å²) in [6, 6.07) is 14.1. The molecule has 35 heavy (non-hydrogen) atoms. The maximum Gasteiger partial charge on any atom is 0.328 e. The molecule has 0 saturated carbocycles. The van der Waals surface area contributed by atoms with E-state index in [0.29, 0.717) is 24.6 Å². The zero-order valence-corrected chi connectivity index (χ0v) is 20.8. The van der Waals surface area contributed by atoms with Crippen LogP contribution >= 0.6 is 0 Å². The fourth-order valence-corrected chi connectivity index (χ4v) is 4.06. The smallest absolute Gasteiger partial charge is 0.328 e. The van der Waals surface area contributed by atoms with Crippen molar-refractivity contribution in [3.05, 3.63) is 76.9 Å². The highest BCUT2D eigenvalue weighted by atomic mass is 16.4. The van der Waals surface area contributed by atoms with Crippen LogP contribution in [0, 0.1) is 0 Å². The summed E-state index contributed by atoms with van der Waals surface area (Å²) in [5.41, 5.74) is 11.3. The number of fused-ring (bicyclic) bond motifs is 1. The van der Waals surface area contributed by atoms with Crippen molar-refractivity contribution in [1.29, 1.82) is 0 Å². The molecule has 0 radical (unpaired) electrons. The molecule has 4 N–H and O–H groups in total. The Hall–Kier alpha value is -3.65. The van der Waals surface area contributed by atoms with Crippen LogP contribution in [0.15, 0.2) is 54.6 Å². The quantitative estimate of drug-likeness (QED) is 0.365. The van der Waals surface area contributed by atoms with E-state index >= 15 is 0 Å². The van der Waals surface area contributed by atoms with Gasteiger partial charge in [0.2, 0.25) is 0 Å². The molecular weight excluding hydrogens is 446 g/mol. The number of carbonyl (C=O) groups is 3. The van der Waals surface area contributed by atoms with E-state index in [1.807, 2.05) is 29.2 Å². The summed E-state index contributed by atoms with van der Waals surface area (Å²) in [5.74, 6) is -1.99. The van der Waals surface area contributed by atoms with Gasteiger partial charge < -0.3 is 25.7 Å². The second-order valence-electron chi connectivity index (χ2n) is 8.57. The minimum absolute atomic E-state index is 0.108. The maximum absolute atomic E-state index is 13.2. The molecule has 1 unspecified atom stereocenters. The first-order valence-electron chi connectivity index (χ1n) is 11.8. The minimum Gasteiger partial charge on any atom is -0.478 e. The predicted molar refractivity (Wildman–Crippen MR) is 136 cm³/mol. The number of nitrogens with two attached hydrogens (primary N) is 1. The van der Waals surface area contributed by atoms with Crippen LogP contribution in [0.3, 0.4) is 0 Å². The van der Waals surface area contributed by atoms with E-state index in [4.69, 9.17) is 15.9 Å². The number of hydrogen-bond acceptors (Lipinski definition) is 5. The predicted octanol–water partition coefficient (Wildman–Crippen LogP) is 3.99. The molecule has 0 fully saturated rings. The molecule has 188 valence electrons. The number of carboxylic acid groups (broad SMARTS) is 2. The third-order valence-corrected chi connectivity index (χ3v) is 6.05. The Morgan fingerprint density at radius 2 is 1.63 bits per heavy atom. The molecule has 1 amide bonds. The first kappa shape index (κ1) is 27.6. The summed E-state index contributed by atoms with van der Waals surface area (Å²) in [6.07, 6.45) is 1.12. The van der Waals surface area contributed by atoms with Gasteiger partial charge in [-0.2, -0.15) is 0 Å². The van der Waals surface area contributed by atoms with Crippen LogP contribution in [0.4, 0.5) is 5.69 Å². The number of likely N-dealkylation sites (N-methyl/N-ethyl adjacent to an activating group) is 1. The average Bonchev–Trinajstić information content (AvgIpc) is 3.10. The number of carbonyl (C=O) groups excluding carboxylic acids is 1. The van der Waals surface area contributed by atoms with Gasteiger partial charge in [0, 0.05) is 42.1 Å². The van der Waals surface area contributed by atoms with Crippen molar-refractivity contribution in [3.8, 4) is 0 Å². The van der Waals surface area contributed by atoms with Crippen LogP contribution in [0.25, 0.3) is 0 Å². The monoisotopic (exact) mass is 481 g/mol. The van der Waals surface area contributed by atoms with Gasteiger partial charge in [0.05, 0.1) is 6.04 Å². The topological polar surface area (TPSA) is 124 Å². The molecule has 1 aliphatic heterocycles. The lowest BCUT2D eigenvalue weighted by molar-refractivity contribution is -0.134. The van der Waals surface area contributed by atoms with Gasteiger partial charge in [0.1, 0.15) is 0 Å². The van der Waals surface area contributed by atoms with Crippen molar-refractivity contribution in [1.82, 2.24) is 9.80 Å². The summed E-state index contributed by atoms with van der Waals surface area (Å²) >= 11 is 0. The molecule has 1 heterocycles. The summed E-state index contributed by atoms with van der Waals surface area (Å²) in [4.78, 5) is 36.6. The zero-order valence-electron chi connectivity index (χ0n) is 20.8. The van der Waals surface area contributed by atoms with Gasteiger partial charge in [-0.3, -0.25) is 4.79 Å². The van der Waals surface area contributed by atoms with Crippen molar-refractivity contribution in [3.63, 3.8) is 0 Å². The molecule has 1 atom stereocenters. The minimum atomic E-state index is -1.26. The SMILES string of the molecule is CCN(CC)CCN1C(=O)c2ccccc2C1c1cc(C(C)C)ccc1N.O=C(O)/C=C/C(=O)O. The first-order valence-corrected chi connectivity index (χ1v) is 11.8. The van der Waals surface area contributed by atoms with E-state index in [9.17, 15) is 14.4 Å². The third-order valence-electron chi connectivity index (χ3n) is 6.05. The van der Waals surface area contributed by atoms with Crippen LogP contribution in [0.1, 0.15) is 66.7 Å². The lowest BCUT2D eigenvalue weighted by atomic mass is 9.92. The summed E-state index contributed by atoms with van der Waals surface area (Å²) in [5, 5.41) is 15.6. The number of anilines is 1. The number of hydrogen-bond donors (Lipinski definition) is 3. The molecule has 0 bridgehead atoms. The van der Waals surface area contributed by atoms with Crippen LogP contribution in [0.5, 0.6) is 0 Å². The summed E-state index contributed by atoms with van der Waals surface area (Å²) in [6.45, 7) is 12.2. The average molecular weight is 482 g/mol. The molecule has 2 aromatic carbocycles. The van der Waals surface area contributed by atoms with Crippen molar-refractivity contribution in [2.75, 3.05) is 31.9 Å². The molecule has 8 heteroatoms. The molecule has 2 aromatic rings. The number of carboxylic acids is 2. The van der Waals surface area contributed by atoms with Gasteiger partial charge in [-0.25, -0.2) is 9.59 Å². The Balaban J connectivity index is 0.000000466. The van der Waals surface area contributed by atoms with Gasteiger partial charge in [-0.05, 0) is 42.3 Å². The Labute approximate surface area is 206 Å². The number of nitrogens with zero attached hydrogens (tertiary/aromatic N) is 2. The van der Waals surface area contributed by atoms with Crippen molar-refractivity contribution in [2.45, 2.75) is 39.7 Å². The summed E-state index contributed by atoms with van der Waals surface area (Å²) < 4.78 is 0. The van der Waals surface area contributed by atoms with Gasteiger partial charge in [-0.15, -0.1) is 0 Å². The first-order chi connectivity index (χ1) is 16.6. The number of benzene rings is 2. The number of aliphatic carboxylic acids is 2. The van der Waals surface area contributed by atoms with Crippen LogP contribution in [-0.2, 0) is 9.59 Å². The van der Waals surface area contributed by atoms with Crippen LogP contribution in [-0.4, -0.2) is 64.0 Å². The van der Waals surface area contributed by atoms with E-state index in [2.05, 4.69) is 50.8 Å². The van der Waals surface area contributed by atoms with Gasteiger partial charge >= 0.3 is 11.9 Å². The molecule has 0 saturated heterocycles. The highest BCUT2D eigenvalue weighted by Gasteiger charge is 2.38. The zero-order chi connectivity index (χ0) is 26.1. The van der Waals surface area contributed by atoms with Crippen LogP contribution < -0.4 is 5.73 Å². The van der Waals surface area contributed by atoms with E-state index in [-0.39, 0.29) is 11.9 Å². The highest BCUT2D eigenvalue weighted by Crippen LogP contribution is 2.41. The van der Waals surface area contributed by atoms with Crippen molar-refractivity contribution >= 4 is 23.5 Å².